The molecular formula is C18H19ClN2OS. The first-order valence-corrected chi connectivity index (χ1v) is 8.32. The number of nitrogens with one attached hydrogen (secondary N) is 2. The van der Waals surface area contributed by atoms with Gasteiger partial charge in [-0.15, -0.1) is 0 Å². The molecule has 0 fully saturated rings. The zero-order chi connectivity index (χ0) is 16.8. The lowest BCUT2D eigenvalue weighted by molar-refractivity contribution is 0.0978. The van der Waals surface area contributed by atoms with Crippen LogP contribution in [-0.4, -0.2) is 11.0 Å². The number of halogens is 1. The zero-order valence-electron chi connectivity index (χ0n) is 13.2. The van der Waals surface area contributed by atoms with Crippen molar-refractivity contribution in [1.29, 1.82) is 0 Å². The molecule has 5 heteroatoms. The highest BCUT2D eigenvalue weighted by Crippen LogP contribution is 2.22. The molecule has 0 aromatic heterocycles. The SMILES string of the molecule is CCc1cccc(CC)c1NC(=S)NC(=O)c1ccc(Cl)cc1. The van der Waals surface area contributed by atoms with Crippen molar-refractivity contribution in [3.05, 3.63) is 64.2 Å². The highest BCUT2D eigenvalue weighted by atomic mass is 35.5. The maximum absolute atomic E-state index is 12.2. The molecule has 0 unspecified atom stereocenters. The number of rotatable bonds is 4. The first-order valence-electron chi connectivity index (χ1n) is 7.53. The van der Waals surface area contributed by atoms with Crippen molar-refractivity contribution in [2.75, 3.05) is 5.32 Å². The number of carbonyl (C=O) groups is 1. The Morgan fingerprint density at radius 2 is 1.61 bits per heavy atom. The fraction of sp³-hybridized carbons (Fsp3) is 0.222. The molecule has 0 radical (unpaired) electrons. The average molecular weight is 347 g/mol. The van der Waals surface area contributed by atoms with Crippen LogP contribution in [0.25, 0.3) is 0 Å². The van der Waals surface area contributed by atoms with E-state index >= 15 is 0 Å². The maximum atomic E-state index is 12.2. The van der Waals surface area contributed by atoms with Crippen LogP contribution in [0.15, 0.2) is 42.5 Å². The summed E-state index contributed by atoms with van der Waals surface area (Å²) < 4.78 is 0. The molecule has 0 saturated carbocycles. The van der Waals surface area contributed by atoms with Crippen LogP contribution in [0.1, 0.15) is 35.3 Å². The summed E-state index contributed by atoms with van der Waals surface area (Å²) in [5.41, 5.74) is 3.84. The van der Waals surface area contributed by atoms with E-state index < -0.39 is 0 Å². The third-order valence-electron chi connectivity index (χ3n) is 3.57. The van der Waals surface area contributed by atoms with Gasteiger partial charge in [0.1, 0.15) is 0 Å². The van der Waals surface area contributed by atoms with Gasteiger partial charge in [-0.2, -0.15) is 0 Å². The number of para-hydroxylation sites is 1. The van der Waals surface area contributed by atoms with Crippen LogP contribution in [-0.2, 0) is 12.8 Å². The van der Waals surface area contributed by atoms with Crippen molar-refractivity contribution in [2.45, 2.75) is 26.7 Å². The van der Waals surface area contributed by atoms with E-state index in [1.165, 1.54) is 11.1 Å². The molecule has 2 aromatic rings. The molecule has 3 nitrogen and oxygen atoms in total. The molecule has 2 aromatic carbocycles. The third-order valence-corrected chi connectivity index (χ3v) is 4.03. The average Bonchev–Trinajstić information content (AvgIpc) is 2.55. The first kappa shape index (κ1) is 17.4. The fourth-order valence-corrected chi connectivity index (χ4v) is 2.65. The normalized spacial score (nSPS) is 10.2. The highest BCUT2D eigenvalue weighted by molar-refractivity contribution is 7.80. The van der Waals surface area contributed by atoms with Crippen molar-refractivity contribution in [2.24, 2.45) is 0 Å². The number of hydrogen-bond donors (Lipinski definition) is 2. The molecule has 0 atom stereocenters. The second kappa shape index (κ2) is 8.09. The lowest BCUT2D eigenvalue weighted by Crippen LogP contribution is -2.34. The van der Waals surface area contributed by atoms with Crippen molar-refractivity contribution < 1.29 is 4.79 Å². The van der Waals surface area contributed by atoms with Gasteiger partial charge in [-0.3, -0.25) is 10.1 Å². The van der Waals surface area contributed by atoms with E-state index in [0.717, 1.165) is 18.5 Å². The van der Waals surface area contributed by atoms with Crippen LogP contribution >= 0.6 is 23.8 Å². The Hall–Kier alpha value is -1.91. The summed E-state index contributed by atoms with van der Waals surface area (Å²) in [4.78, 5) is 12.2. The number of amides is 1. The van der Waals surface area contributed by atoms with Crippen LogP contribution in [0, 0.1) is 0 Å². The van der Waals surface area contributed by atoms with E-state index in [4.69, 9.17) is 23.8 Å². The standard InChI is InChI=1S/C18H19ClN2OS/c1-3-12-6-5-7-13(4-2)16(12)20-18(23)21-17(22)14-8-10-15(19)11-9-14/h5-11H,3-4H2,1-2H3,(H2,20,21,22,23). The quantitative estimate of drug-likeness (QED) is 0.795. The van der Waals surface area contributed by atoms with Crippen molar-refractivity contribution in [1.82, 2.24) is 5.32 Å². The minimum absolute atomic E-state index is 0.258. The molecule has 2 N–H and O–H groups in total. The third kappa shape index (κ3) is 4.53. The number of thiocarbonyl (C=S) groups is 1. The summed E-state index contributed by atoms with van der Waals surface area (Å²) in [6, 6.07) is 12.8. The molecule has 1 amide bonds. The van der Waals surface area contributed by atoms with Gasteiger partial charge in [-0.25, -0.2) is 0 Å². The topological polar surface area (TPSA) is 41.1 Å². The lowest BCUT2D eigenvalue weighted by atomic mass is 10.0. The molecule has 0 bridgehead atoms. The van der Waals surface area contributed by atoms with Gasteiger partial charge >= 0.3 is 0 Å². The van der Waals surface area contributed by atoms with Gasteiger partial charge in [0, 0.05) is 16.3 Å². The van der Waals surface area contributed by atoms with Gasteiger partial charge in [-0.05, 0) is 60.5 Å². The van der Waals surface area contributed by atoms with E-state index in [2.05, 4.69) is 36.6 Å². The molecule has 0 aliphatic rings. The van der Waals surface area contributed by atoms with Gasteiger partial charge in [0.05, 0.1) is 0 Å². The summed E-state index contributed by atoms with van der Waals surface area (Å²) in [6.07, 6.45) is 1.79. The van der Waals surface area contributed by atoms with Crippen LogP contribution in [0.5, 0.6) is 0 Å². The Morgan fingerprint density at radius 1 is 1.04 bits per heavy atom. The Balaban J connectivity index is 2.11. The number of benzene rings is 2. The fourth-order valence-electron chi connectivity index (χ4n) is 2.32. The molecular weight excluding hydrogens is 328 g/mol. The van der Waals surface area contributed by atoms with Gasteiger partial charge < -0.3 is 5.32 Å². The van der Waals surface area contributed by atoms with Gasteiger partial charge in [-0.1, -0.05) is 43.6 Å². The Morgan fingerprint density at radius 3 is 2.13 bits per heavy atom. The van der Waals surface area contributed by atoms with Gasteiger partial charge in [0.15, 0.2) is 5.11 Å². The summed E-state index contributed by atoms with van der Waals surface area (Å²) in [5.74, 6) is -0.258. The van der Waals surface area contributed by atoms with Gasteiger partial charge in [0.2, 0.25) is 0 Å². The molecule has 2 rings (SSSR count). The monoisotopic (exact) mass is 346 g/mol. The number of aryl methyl sites for hydroxylation is 2. The lowest BCUT2D eigenvalue weighted by Gasteiger charge is -2.16. The van der Waals surface area contributed by atoms with Crippen LogP contribution in [0.4, 0.5) is 5.69 Å². The summed E-state index contributed by atoms with van der Waals surface area (Å²) in [7, 11) is 0. The zero-order valence-corrected chi connectivity index (χ0v) is 14.7. The molecule has 23 heavy (non-hydrogen) atoms. The molecule has 0 heterocycles. The molecule has 0 spiro atoms. The Bertz CT molecular complexity index is 691. The number of anilines is 1. The maximum Gasteiger partial charge on any atom is 0.257 e. The van der Waals surface area contributed by atoms with E-state index in [1.54, 1.807) is 24.3 Å². The molecule has 120 valence electrons. The van der Waals surface area contributed by atoms with Crippen molar-refractivity contribution in [3.63, 3.8) is 0 Å². The highest BCUT2D eigenvalue weighted by Gasteiger charge is 2.11. The molecule has 0 aliphatic carbocycles. The first-order chi connectivity index (χ1) is 11.0. The second-order valence-electron chi connectivity index (χ2n) is 5.07. The van der Waals surface area contributed by atoms with Crippen LogP contribution < -0.4 is 10.6 Å². The minimum Gasteiger partial charge on any atom is -0.332 e. The van der Waals surface area contributed by atoms with E-state index in [9.17, 15) is 4.79 Å². The van der Waals surface area contributed by atoms with Crippen LogP contribution in [0.3, 0.4) is 0 Å². The smallest absolute Gasteiger partial charge is 0.257 e. The summed E-state index contributed by atoms with van der Waals surface area (Å²) in [5, 5.41) is 6.75. The summed E-state index contributed by atoms with van der Waals surface area (Å²) >= 11 is 11.1. The van der Waals surface area contributed by atoms with E-state index in [0.29, 0.717) is 15.7 Å². The van der Waals surface area contributed by atoms with Crippen molar-refractivity contribution >= 4 is 40.5 Å². The van der Waals surface area contributed by atoms with Crippen LogP contribution in [0.2, 0.25) is 5.02 Å². The number of hydrogen-bond acceptors (Lipinski definition) is 2. The number of carbonyl (C=O) groups excluding carboxylic acids is 1. The van der Waals surface area contributed by atoms with Gasteiger partial charge in [0.25, 0.3) is 5.91 Å². The Kier molecular flexibility index (Phi) is 6.13. The van der Waals surface area contributed by atoms with E-state index in [-0.39, 0.29) is 5.91 Å². The van der Waals surface area contributed by atoms with Crippen molar-refractivity contribution in [3.8, 4) is 0 Å². The molecule has 0 aliphatic heterocycles. The predicted octanol–water partition coefficient (Wildman–Crippen LogP) is 4.59. The summed E-state index contributed by atoms with van der Waals surface area (Å²) in [6.45, 7) is 4.19. The Labute approximate surface area is 147 Å². The minimum atomic E-state index is -0.258. The predicted molar refractivity (Wildman–Crippen MR) is 100 cm³/mol. The molecule has 0 saturated heterocycles. The van der Waals surface area contributed by atoms with E-state index in [1.807, 2.05) is 6.07 Å². The largest absolute Gasteiger partial charge is 0.332 e. The second-order valence-corrected chi connectivity index (χ2v) is 5.92.